The summed E-state index contributed by atoms with van der Waals surface area (Å²) in [5, 5.41) is 9.68. The van der Waals surface area contributed by atoms with E-state index >= 15 is 0 Å². The Morgan fingerprint density at radius 3 is 2.62 bits per heavy atom. The van der Waals surface area contributed by atoms with Crippen LogP contribution in [0.5, 0.6) is 0 Å². The summed E-state index contributed by atoms with van der Waals surface area (Å²) in [5.74, 6) is 0.378. The molecule has 3 heteroatoms. The van der Waals surface area contributed by atoms with Crippen molar-refractivity contribution in [3.63, 3.8) is 0 Å². The van der Waals surface area contributed by atoms with Crippen molar-refractivity contribution in [3.05, 3.63) is 48.0 Å². The molecule has 1 atom stereocenters. The van der Waals surface area contributed by atoms with Gasteiger partial charge in [0.2, 0.25) is 0 Å². The fourth-order valence-electron chi connectivity index (χ4n) is 2.46. The van der Waals surface area contributed by atoms with Gasteiger partial charge in [-0.3, -0.25) is 4.79 Å². The maximum Gasteiger partial charge on any atom is 0.306 e. The summed E-state index contributed by atoms with van der Waals surface area (Å²) in [4.78, 5) is 11.7. The van der Waals surface area contributed by atoms with E-state index in [9.17, 15) is 9.90 Å². The van der Waals surface area contributed by atoms with E-state index in [1.807, 2.05) is 44.2 Å². The van der Waals surface area contributed by atoms with Gasteiger partial charge in [-0.1, -0.05) is 55.8 Å². The topological polar surface area (TPSA) is 46.5 Å². The van der Waals surface area contributed by atoms with E-state index in [4.69, 9.17) is 4.74 Å². The Bertz CT molecular complexity index is 486. The number of ether oxygens (including phenoxy) is 1. The molecule has 0 aliphatic rings. The minimum atomic E-state index is -0.566. The predicted octanol–water partition coefficient (Wildman–Crippen LogP) is 5.03. The molecule has 3 nitrogen and oxygen atoms in total. The lowest BCUT2D eigenvalue weighted by atomic mass is 9.96. The molecule has 0 saturated carbocycles. The summed E-state index contributed by atoms with van der Waals surface area (Å²) in [6, 6.07) is 9.74. The van der Waals surface area contributed by atoms with Gasteiger partial charge < -0.3 is 9.84 Å². The van der Waals surface area contributed by atoms with Gasteiger partial charge in [-0.15, -0.1) is 0 Å². The molecule has 0 spiro atoms. The fourth-order valence-corrected chi connectivity index (χ4v) is 2.46. The third-order valence-electron chi connectivity index (χ3n) is 3.91. The van der Waals surface area contributed by atoms with Crippen LogP contribution in [-0.2, 0) is 16.1 Å². The minimum absolute atomic E-state index is 0.134. The van der Waals surface area contributed by atoms with E-state index in [1.165, 1.54) is 0 Å². The largest absolute Gasteiger partial charge is 0.461 e. The lowest BCUT2D eigenvalue weighted by molar-refractivity contribution is -0.145. The highest BCUT2D eigenvalue weighted by Gasteiger charge is 2.11. The number of hydrogen-bond donors (Lipinski definition) is 1. The first-order chi connectivity index (χ1) is 11.4. The van der Waals surface area contributed by atoms with E-state index in [2.05, 4.69) is 19.1 Å². The quantitative estimate of drug-likeness (QED) is 0.351. The maximum absolute atomic E-state index is 11.7. The standard InChI is InChI=1S/C21H32O3/c1-18(12-10-16-21(2,3)23)11-6-4-9-15-20(22)24-17-19-13-7-5-8-14-19/h5-8,11,13-14,18,23H,4,9-10,12,15-17H2,1-3H3/b11-6-. The molecule has 0 heterocycles. The third-order valence-corrected chi connectivity index (χ3v) is 3.91. The molecular formula is C21H32O3. The van der Waals surface area contributed by atoms with E-state index in [-0.39, 0.29) is 5.97 Å². The Morgan fingerprint density at radius 1 is 1.25 bits per heavy atom. The average molecular weight is 332 g/mol. The van der Waals surface area contributed by atoms with Gasteiger partial charge in [0.05, 0.1) is 5.60 Å². The van der Waals surface area contributed by atoms with Gasteiger partial charge in [-0.2, -0.15) is 0 Å². The first kappa shape index (κ1) is 20.4. The van der Waals surface area contributed by atoms with E-state index in [0.717, 1.165) is 37.7 Å². The number of rotatable bonds is 11. The molecule has 24 heavy (non-hydrogen) atoms. The van der Waals surface area contributed by atoms with Crippen molar-refractivity contribution in [1.29, 1.82) is 0 Å². The zero-order chi connectivity index (χ0) is 17.8. The number of benzene rings is 1. The molecule has 1 aromatic rings. The lowest BCUT2D eigenvalue weighted by Gasteiger charge is -2.17. The molecule has 0 aliphatic heterocycles. The number of hydrogen-bond acceptors (Lipinski definition) is 3. The monoisotopic (exact) mass is 332 g/mol. The highest BCUT2D eigenvalue weighted by Crippen LogP contribution is 2.16. The number of unbranched alkanes of at least 4 members (excludes halogenated alkanes) is 1. The lowest BCUT2D eigenvalue weighted by Crippen LogP contribution is -2.18. The molecule has 0 aliphatic carbocycles. The SMILES string of the molecule is CC(/C=C\CCCC(=O)OCc1ccccc1)CCCC(C)(C)O. The Hall–Kier alpha value is -1.61. The van der Waals surface area contributed by atoms with Crippen molar-refractivity contribution in [1.82, 2.24) is 0 Å². The minimum Gasteiger partial charge on any atom is -0.461 e. The normalized spacial score (nSPS) is 13.2. The summed E-state index contributed by atoms with van der Waals surface area (Å²) in [5.41, 5.74) is 0.453. The zero-order valence-corrected chi connectivity index (χ0v) is 15.3. The number of aliphatic hydroxyl groups is 1. The van der Waals surface area contributed by atoms with Gasteiger partial charge in [-0.25, -0.2) is 0 Å². The van der Waals surface area contributed by atoms with Gasteiger partial charge in [-0.05, 0) is 51.0 Å². The molecule has 0 aromatic heterocycles. The Labute approximate surface area is 146 Å². The second kappa shape index (κ2) is 11.0. The summed E-state index contributed by atoms with van der Waals surface area (Å²) in [6.45, 7) is 6.25. The van der Waals surface area contributed by atoms with Gasteiger partial charge in [0.25, 0.3) is 0 Å². The maximum atomic E-state index is 11.7. The second-order valence-corrected chi connectivity index (χ2v) is 7.15. The predicted molar refractivity (Wildman–Crippen MR) is 98.5 cm³/mol. The van der Waals surface area contributed by atoms with Crippen LogP contribution in [0.1, 0.15) is 64.9 Å². The van der Waals surface area contributed by atoms with E-state index in [0.29, 0.717) is 18.9 Å². The van der Waals surface area contributed by atoms with Gasteiger partial charge in [0, 0.05) is 6.42 Å². The van der Waals surface area contributed by atoms with Crippen LogP contribution < -0.4 is 0 Å². The molecule has 0 fully saturated rings. The second-order valence-electron chi connectivity index (χ2n) is 7.15. The molecule has 0 bridgehead atoms. The molecule has 1 rings (SSSR count). The van der Waals surface area contributed by atoms with Crippen LogP contribution in [0.3, 0.4) is 0 Å². The molecule has 1 unspecified atom stereocenters. The number of carbonyl (C=O) groups excluding carboxylic acids is 1. The molecule has 0 saturated heterocycles. The van der Waals surface area contributed by atoms with Crippen molar-refractivity contribution < 1.29 is 14.6 Å². The van der Waals surface area contributed by atoms with Crippen molar-refractivity contribution in [2.75, 3.05) is 0 Å². The van der Waals surface area contributed by atoms with Crippen LogP contribution in [0.25, 0.3) is 0 Å². The number of esters is 1. The van der Waals surface area contributed by atoms with Crippen LogP contribution in [0.2, 0.25) is 0 Å². The fraction of sp³-hybridized carbons (Fsp3) is 0.571. The third kappa shape index (κ3) is 11.0. The Balaban J connectivity index is 2.06. The Kier molecular flexibility index (Phi) is 9.39. The highest BCUT2D eigenvalue weighted by atomic mass is 16.5. The van der Waals surface area contributed by atoms with Crippen molar-refractivity contribution in [3.8, 4) is 0 Å². The van der Waals surface area contributed by atoms with Crippen molar-refractivity contribution >= 4 is 5.97 Å². The van der Waals surface area contributed by atoms with Crippen LogP contribution in [0.15, 0.2) is 42.5 Å². The summed E-state index contributed by atoms with van der Waals surface area (Å²) < 4.78 is 5.25. The zero-order valence-electron chi connectivity index (χ0n) is 15.3. The first-order valence-electron chi connectivity index (χ1n) is 8.95. The smallest absolute Gasteiger partial charge is 0.306 e. The summed E-state index contributed by atoms with van der Waals surface area (Å²) >= 11 is 0. The molecule has 0 amide bonds. The van der Waals surface area contributed by atoms with Crippen LogP contribution in [0.4, 0.5) is 0 Å². The molecule has 134 valence electrons. The average Bonchev–Trinajstić information content (AvgIpc) is 2.52. The molecule has 1 N–H and O–H groups in total. The van der Waals surface area contributed by atoms with E-state index < -0.39 is 5.60 Å². The number of allylic oxidation sites excluding steroid dienone is 2. The van der Waals surface area contributed by atoms with Crippen LogP contribution >= 0.6 is 0 Å². The molecule has 0 radical (unpaired) electrons. The molecular weight excluding hydrogens is 300 g/mol. The van der Waals surface area contributed by atoms with E-state index in [1.54, 1.807) is 0 Å². The van der Waals surface area contributed by atoms with Gasteiger partial charge >= 0.3 is 5.97 Å². The highest BCUT2D eigenvalue weighted by molar-refractivity contribution is 5.69. The van der Waals surface area contributed by atoms with Crippen molar-refractivity contribution in [2.24, 2.45) is 5.92 Å². The van der Waals surface area contributed by atoms with Crippen molar-refractivity contribution in [2.45, 2.75) is 71.5 Å². The van der Waals surface area contributed by atoms with Crippen LogP contribution in [0, 0.1) is 5.92 Å². The Morgan fingerprint density at radius 2 is 1.96 bits per heavy atom. The molecule has 1 aromatic carbocycles. The van der Waals surface area contributed by atoms with Gasteiger partial charge in [0.1, 0.15) is 6.61 Å². The number of carbonyl (C=O) groups is 1. The summed E-state index contributed by atoms with van der Waals surface area (Å²) in [6.07, 6.45) is 9.48. The summed E-state index contributed by atoms with van der Waals surface area (Å²) in [7, 11) is 0. The van der Waals surface area contributed by atoms with Crippen LogP contribution in [-0.4, -0.2) is 16.7 Å². The first-order valence-corrected chi connectivity index (χ1v) is 8.95. The van der Waals surface area contributed by atoms with Gasteiger partial charge in [0.15, 0.2) is 0 Å².